The molecule has 2 atom stereocenters. The van der Waals surface area contributed by atoms with E-state index in [0.29, 0.717) is 31.4 Å². The number of ether oxygens (including phenoxy) is 1. The lowest BCUT2D eigenvalue weighted by Crippen LogP contribution is -2.33. The molecule has 2 aromatic rings. The van der Waals surface area contributed by atoms with Crippen LogP contribution in [0.15, 0.2) is 4.79 Å². The third-order valence-electron chi connectivity index (χ3n) is 4.93. The van der Waals surface area contributed by atoms with Crippen molar-refractivity contribution in [1.29, 1.82) is 0 Å². The van der Waals surface area contributed by atoms with E-state index in [1.807, 2.05) is 0 Å². The number of thiophene rings is 1. The number of aromatic nitrogens is 2. The minimum Gasteiger partial charge on any atom is -0.392 e. The predicted molar refractivity (Wildman–Crippen MR) is 105 cm³/mol. The van der Waals surface area contributed by atoms with Gasteiger partial charge in [0.25, 0.3) is 5.56 Å². The van der Waals surface area contributed by atoms with Crippen LogP contribution in [0.3, 0.4) is 0 Å². The van der Waals surface area contributed by atoms with Gasteiger partial charge in [-0.1, -0.05) is 6.92 Å². The van der Waals surface area contributed by atoms with Crippen molar-refractivity contribution < 1.29 is 9.84 Å². The van der Waals surface area contributed by atoms with Crippen LogP contribution in [0.4, 0.5) is 0 Å². The van der Waals surface area contributed by atoms with E-state index in [0.717, 1.165) is 42.4 Å². The zero-order valence-corrected chi connectivity index (χ0v) is 16.7. The molecule has 0 radical (unpaired) electrons. The minimum absolute atomic E-state index is 0.0223. The van der Waals surface area contributed by atoms with Gasteiger partial charge in [0.15, 0.2) is 0 Å². The van der Waals surface area contributed by atoms with Crippen LogP contribution in [0.5, 0.6) is 0 Å². The van der Waals surface area contributed by atoms with Crippen LogP contribution in [0, 0.1) is 5.92 Å². The van der Waals surface area contributed by atoms with Crippen molar-refractivity contribution in [3.05, 3.63) is 26.6 Å². The Balaban J connectivity index is 1.84. The number of fused-ring (bicyclic) bond motifs is 3. The first-order valence-electron chi connectivity index (χ1n) is 9.40. The van der Waals surface area contributed by atoms with Gasteiger partial charge in [0.05, 0.1) is 18.0 Å². The molecular weight excluding hydrogens is 350 g/mol. The van der Waals surface area contributed by atoms with E-state index < -0.39 is 6.10 Å². The monoisotopic (exact) mass is 379 g/mol. The molecule has 0 unspecified atom stereocenters. The van der Waals surface area contributed by atoms with Crippen molar-refractivity contribution in [2.24, 2.45) is 5.92 Å². The fourth-order valence-electron chi connectivity index (χ4n) is 3.72. The number of aliphatic hydroxyl groups is 1. The smallest absolute Gasteiger partial charge is 0.259 e. The Hall–Kier alpha value is -1.28. The second kappa shape index (κ2) is 8.61. The molecule has 3 rings (SSSR count). The molecule has 1 aliphatic carbocycles. The fraction of sp³-hybridized carbons (Fsp3) is 0.684. The van der Waals surface area contributed by atoms with Gasteiger partial charge in [-0.05, 0) is 44.1 Å². The molecule has 0 saturated heterocycles. The van der Waals surface area contributed by atoms with E-state index >= 15 is 0 Å². The number of rotatable bonds is 8. The van der Waals surface area contributed by atoms with E-state index in [2.05, 4.69) is 16.8 Å². The Morgan fingerprint density at radius 3 is 3.04 bits per heavy atom. The summed E-state index contributed by atoms with van der Waals surface area (Å²) >= 11 is 1.68. The van der Waals surface area contributed by atoms with Crippen molar-refractivity contribution in [2.75, 3.05) is 26.8 Å². The molecule has 2 heterocycles. The van der Waals surface area contributed by atoms with Crippen LogP contribution in [-0.4, -0.2) is 52.9 Å². The maximum absolute atomic E-state index is 12.7. The number of aliphatic hydroxyl groups excluding tert-OH is 1. The summed E-state index contributed by atoms with van der Waals surface area (Å²) in [4.78, 5) is 24.7. The van der Waals surface area contributed by atoms with Crippen molar-refractivity contribution >= 4 is 21.6 Å². The van der Waals surface area contributed by atoms with Crippen LogP contribution >= 0.6 is 11.3 Å². The van der Waals surface area contributed by atoms with Crippen molar-refractivity contribution in [3.63, 3.8) is 0 Å². The topological polar surface area (TPSA) is 78.5 Å². The number of aryl methyl sites for hydroxylation is 1. The van der Waals surface area contributed by atoms with Gasteiger partial charge in [-0.3, -0.25) is 9.69 Å². The van der Waals surface area contributed by atoms with Gasteiger partial charge >= 0.3 is 0 Å². The summed E-state index contributed by atoms with van der Waals surface area (Å²) in [5.41, 5.74) is 1.19. The number of nitrogens with one attached hydrogen (secondary N) is 1. The lowest BCUT2D eigenvalue weighted by atomic mass is 9.89. The van der Waals surface area contributed by atoms with E-state index in [4.69, 9.17) is 9.72 Å². The van der Waals surface area contributed by atoms with Gasteiger partial charge < -0.3 is 14.8 Å². The van der Waals surface area contributed by atoms with Crippen LogP contribution in [0.25, 0.3) is 10.2 Å². The molecule has 2 aromatic heterocycles. The first-order chi connectivity index (χ1) is 12.5. The molecule has 7 heteroatoms. The van der Waals surface area contributed by atoms with Crippen LogP contribution in [-0.2, 0) is 24.1 Å². The number of methoxy groups -OCH3 is 1. The largest absolute Gasteiger partial charge is 0.392 e. The normalized spacial score (nSPS) is 18.4. The average molecular weight is 380 g/mol. The quantitative estimate of drug-likeness (QED) is 0.688. The van der Waals surface area contributed by atoms with Crippen molar-refractivity contribution in [3.8, 4) is 0 Å². The average Bonchev–Trinajstić information content (AvgIpc) is 2.91. The van der Waals surface area contributed by atoms with Gasteiger partial charge in [-0.2, -0.15) is 0 Å². The zero-order valence-electron chi connectivity index (χ0n) is 15.9. The molecule has 0 saturated carbocycles. The van der Waals surface area contributed by atoms with Crippen LogP contribution in [0.1, 0.15) is 43.0 Å². The van der Waals surface area contributed by atoms with E-state index in [9.17, 15) is 9.90 Å². The highest BCUT2D eigenvalue weighted by atomic mass is 32.1. The summed E-state index contributed by atoms with van der Waals surface area (Å²) in [6.45, 7) is 6.58. The Bertz CT molecular complexity index is 799. The first kappa shape index (κ1) is 19.5. The molecule has 1 aliphatic rings. The summed E-state index contributed by atoms with van der Waals surface area (Å²) in [5, 5.41) is 10.5. The third-order valence-corrected chi connectivity index (χ3v) is 6.08. The third kappa shape index (κ3) is 4.52. The number of nitrogens with zero attached hydrogens (tertiary/aromatic N) is 2. The zero-order chi connectivity index (χ0) is 18.7. The van der Waals surface area contributed by atoms with Gasteiger partial charge in [-0.25, -0.2) is 4.98 Å². The maximum atomic E-state index is 12.7. The summed E-state index contributed by atoms with van der Waals surface area (Å²) in [5.74, 6) is 1.35. The highest BCUT2D eigenvalue weighted by Crippen LogP contribution is 2.35. The summed E-state index contributed by atoms with van der Waals surface area (Å²) in [6, 6.07) is 0. The summed E-state index contributed by atoms with van der Waals surface area (Å²) in [6.07, 6.45) is 3.62. The second-order valence-electron chi connectivity index (χ2n) is 7.48. The van der Waals surface area contributed by atoms with Crippen molar-refractivity contribution in [2.45, 2.75) is 52.2 Å². The Kier molecular flexibility index (Phi) is 6.45. The molecule has 0 aromatic carbocycles. The Morgan fingerprint density at radius 2 is 2.31 bits per heavy atom. The molecular formula is C19H29N3O3S. The van der Waals surface area contributed by atoms with Crippen LogP contribution < -0.4 is 5.56 Å². The Morgan fingerprint density at radius 1 is 1.50 bits per heavy atom. The summed E-state index contributed by atoms with van der Waals surface area (Å²) in [7, 11) is 1.69. The Labute approximate surface area is 158 Å². The highest BCUT2D eigenvalue weighted by Gasteiger charge is 2.23. The summed E-state index contributed by atoms with van der Waals surface area (Å²) < 4.78 is 5.12. The molecule has 0 spiro atoms. The second-order valence-corrected chi connectivity index (χ2v) is 8.56. The minimum atomic E-state index is -0.427. The standard InChI is InChI=1S/C19H29N3O3S/c1-12-5-6-14-15(9-12)26-19-17(14)18(24)20-16(21-19)11-22(10-13(2)23)7-4-8-25-3/h12-13,23H,4-11H2,1-3H3,(H,20,21,24)/t12-,13-/m1/s1. The number of hydrogen-bond donors (Lipinski definition) is 2. The molecule has 0 aliphatic heterocycles. The molecule has 144 valence electrons. The fourth-order valence-corrected chi connectivity index (χ4v) is 5.12. The van der Waals surface area contributed by atoms with Crippen molar-refractivity contribution in [1.82, 2.24) is 14.9 Å². The molecule has 26 heavy (non-hydrogen) atoms. The highest BCUT2D eigenvalue weighted by molar-refractivity contribution is 7.18. The predicted octanol–water partition coefficient (Wildman–Crippen LogP) is 2.33. The lowest BCUT2D eigenvalue weighted by molar-refractivity contribution is 0.109. The number of aromatic amines is 1. The molecule has 2 N–H and O–H groups in total. The van der Waals surface area contributed by atoms with Gasteiger partial charge in [0.1, 0.15) is 10.7 Å². The van der Waals surface area contributed by atoms with Gasteiger partial charge in [0, 0.05) is 31.7 Å². The molecule has 0 bridgehead atoms. The van der Waals surface area contributed by atoms with Gasteiger partial charge in [0.2, 0.25) is 0 Å². The number of hydrogen-bond acceptors (Lipinski definition) is 6. The lowest BCUT2D eigenvalue weighted by Gasteiger charge is -2.23. The SMILES string of the molecule is COCCCN(Cc1nc2sc3c(c2c(=O)[nH]1)CC[C@@H](C)C3)C[C@@H](C)O. The van der Waals surface area contributed by atoms with E-state index in [-0.39, 0.29) is 5.56 Å². The van der Waals surface area contributed by atoms with E-state index in [1.165, 1.54) is 10.4 Å². The maximum Gasteiger partial charge on any atom is 0.259 e. The van der Waals surface area contributed by atoms with Crippen LogP contribution in [0.2, 0.25) is 0 Å². The van der Waals surface area contributed by atoms with Gasteiger partial charge in [-0.15, -0.1) is 11.3 Å². The number of H-pyrrole nitrogens is 1. The molecule has 0 fully saturated rings. The molecule has 6 nitrogen and oxygen atoms in total. The first-order valence-corrected chi connectivity index (χ1v) is 10.2. The van der Waals surface area contributed by atoms with E-state index in [1.54, 1.807) is 25.4 Å². The molecule has 0 amide bonds.